The lowest BCUT2D eigenvalue weighted by atomic mass is 10.1. The molecular formula is C21H19ClF6N4O5S. The summed E-state index contributed by atoms with van der Waals surface area (Å²) >= 11 is 7.54. The predicted molar refractivity (Wildman–Crippen MR) is 126 cm³/mol. The van der Waals surface area contributed by atoms with Crippen molar-refractivity contribution in [2.75, 3.05) is 12.3 Å². The Labute approximate surface area is 219 Å². The van der Waals surface area contributed by atoms with Gasteiger partial charge >= 0.3 is 24.3 Å². The Morgan fingerprint density at radius 2 is 1.58 bits per heavy atom. The number of aryl methyl sites for hydroxylation is 2. The van der Waals surface area contributed by atoms with Crippen LogP contribution in [0, 0.1) is 13.8 Å². The third-order valence-corrected chi connectivity index (χ3v) is 5.96. The van der Waals surface area contributed by atoms with E-state index < -0.39 is 24.3 Å². The van der Waals surface area contributed by atoms with Gasteiger partial charge in [0, 0.05) is 30.2 Å². The fourth-order valence-corrected chi connectivity index (χ4v) is 3.81. The fraction of sp³-hybridized carbons (Fsp3) is 0.286. The largest absolute Gasteiger partial charge is 0.490 e. The number of carbonyl (C=O) groups excluding carboxylic acids is 1. The van der Waals surface area contributed by atoms with Crippen molar-refractivity contribution in [2.45, 2.75) is 32.6 Å². The van der Waals surface area contributed by atoms with Crippen molar-refractivity contribution in [1.29, 1.82) is 0 Å². The van der Waals surface area contributed by atoms with Gasteiger partial charge in [-0.25, -0.2) is 14.6 Å². The number of amides is 1. The predicted octanol–water partition coefficient (Wildman–Crippen LogP) is 4.78. The first kappa shape index (κ1) is 32.4. The second-order valence-electron chi connectivity index (χ2n) is 7.09. The van der Waals surface area contributed by atoms with E-state index in [9.17, 15) is 31.1 Å². The van der Waals surface area contributed by atoms with Crippen LogP contribution in [0.4, 0.5) is 32.0 Å². The SMILES string of the molecule is Cc1nc2sc(C(=O)NCCc3ccccn3)c(N)c2c(C)c1Cl.O=C(O)C(F)(F)F.O=C(O)C(F)(F)F. The maximum absolute atomic E-state index is 12.4. The second kappa shape index (κ2) is 13.2. The second-order valence-corrected chi connectivity index (χ2v) is 8.47. The molecule has 9 nitrogen and oxygen atoms in total. The van der Waals surface area contributed by atoms with Crippen LogP contribution in [0.25, 0.3) is 10.2 Å². The number of carbonyl (C=O) groups is 3. The summed E-state index contributed by atoms with van der Waals surface area (Å²) in [6.45, 7) is 4.23. The molecule has 0 atom stereocenters. The topological polar surface area (TPSA) is 156 Å². The molecule has 38 heavy (non-hydrogen) atoms. The number of pyridine rings is 2. The Bertz CT molecular complexity index is 1280. The molecule has 0 fully saturated rings. The van der Waals surface area contributed by atoms with Gasteiger partial charge in [0.25, 0.3) is 5.91 Å². The number of nitrogen functional groups attached to an aromatic ring is 1. The van der Waals surface area contributed by atoms with Crippen LogP contribution in [0.2, 0.25) is 5.02 Å². The van der Waals surface area contributed by atoms with Crippen LogP contribution < -0.4 is 11.1 Å². The van der Waals surface area contributed by atoms with Crippen LogP contribution in [0.15, 0.2) is 24.4 Å². The van der Waals surface area contributed by atoms with Crippen LogP contribution in [0.5, 0.6) is 0 Å². The molecule has 0 aliphatic heterocycles. The zero-order valence-corrected chi connectivity index (χ0v) is 20.9. The number of nitrogens with one attached hydrogen (secondary N) is 1. The van der Waals surface area contributed by atoms with Crippen molar-refractivity contribution in [2.24, 2.45) is 0 Å². The van der Waals surface area contributed by atoms with E-state index in [4.69, 9.17) is 37.1 Å². The normalized spacial score (nSPS) is 11.1. The molecule has 0 spiro atoms. The number of aliphatic carboxylic acids is 2. The number of fused-ring (bicyclic) bond motifs is 1. The lowest BCUT2D eigenvalue weighted by Crippen LogP contribution is -2.25. The van der Waals surface area contributed by atoms with Crippen molar-refractivity contribution in [3.05, 3.63) is 51.2 Å². The molecular weight excluding hydrogens is 570 g/mol. The van der Waals surface area contributed by atoms with Crippen LogP contribution in [-0.2, 0) is 16.0 Å². The van der Waals surface area contributed by atoms with Crippen molar-refractivity contribution < 1.29 is 50.9 Å². The molecule has 17 heteroatoms. The average molecular weight is 589 g/mol. The number of carboxylic acid groups (broad SMARTS) is 2. The number of carboxylic acids is 2. The van der Waals surface area contributed by atoms with Crippen LogP contribution in [-0.4, -0.2) is 56.9 Å². The zero-order valence-electron chi connectivity index (χ0n) is 19.4. The Kier molecular flexibility index (Phi) is 11.3. The highest BCUT2D eigenvalue weighted by molar-refractivity contribution is 7.21. The number of hydrogen-bond donors (Lipinski definition) is 4. The summed E-state index contributed by atoms with van der Waals surface area (Å²) < 4.78 is 63.5. The highest BCUT2D eigenvalue weighted by Gasteiger charge is 2.38. The minimum atomic E-state index is -5.08. The van der Waals surface area contributed by atoms with E-state index in [2.05, 4.69) is 15.3 Å². The summed E-state index contributed by atoms with van der Waals surface area (Å²) in [5, 5.41) is 18.5. The molecule has 3 rings (SSSR count). The van der Waals surface area contributed by atoms with E-state index in [0.29, 0.717) is 28.6 Å². The lowest BCUT2D eigenvalue weighted by Gasteiger charge is -2.05. The average Bonchev–Trinajstić information content (AvgIpc) is 3.13. The van der Waals surface area contributed by atoms with Gasteiger partial charge in [0.1, 0.15) is 9.71 Å². The number of hydrogen-bond acceptors (Lipinski definition) is 7. The molecule has 3 heterocycles. The molecule has 3 aromatic rings. The summed E-state index contributed by atoms with van der Waals surface area (Å²) in [4.78, 5) is 40.1. The molecule has 0 saturated heterocycles. The molecule has 0 aliphatic rings. The van der Waals surface area contributed by atoms with E-state index in [-0.39, 0.29) is 5.91 Å². The lowest BCUT2D eigenvalue weighted by molar-refractivity contribution is -0.193. The number of anilines is 1. The van der Waals surface area contributed by atoms with Crippen LogP contribution >= 0.6 is 22.9 Å². The molecule has 0 unspecified atom stereocenters. The Balaban J connectivity index is 0.000000426. The Morgan fingerprint density at radius 1 is 1.05 bits per heavy atom. The highest BCUT2D eigenvalue weighted by Crippen LogP contribution is 2.38. The van der Waals surface area contributed by atoms with Gasteiger partial charge in [0.15, 0.2) is 0 Å². The van der Waals surface area contributed by atoms with E-state index in [1.807, 2.05) is 32.0 Å². The van der Waals surface area contributed by atoms with Gasteiger partial charge in [-0.2, -0.15) is 26.3 Å². The van der Waals surface area contributed by atoms with Crippen molar-refractivity contribution >= 4 is 56.7 Å². The summed E-state index contributed by atoms with van der Waals surface area (Å²) in [5.74, 6) is -5.71. The maximum Gasteiger partial charge on any atom is 0.490 e. The first-order valence-electron chi connectivity index (χ1n) is 10.0. The Morgan fingerprint density at radius 3 is 2.03 bits per heavy atom. The summed E-state index contributed by atoms with van der Waals surface area (Å²) in [5.41, 5.74) is 9.16. The molecule has 208 valence electrons. The zero-order chi connectivity index (χ0) is 29.4. The van der Waals surface area contributed by atoms with Crippen molar-refractivity contribution in [3.8, 4) is 0 Å². The van der Waals surface area contributed by atoms with Gasteiger partial charge in [-0.1, -0.05) is 17.7 Å². The molecule has 0 radical (unpaired) electrons. The van der Waals surface area contributed by atoms with Gasteiger partial charge in [0.05, 0.1) is 16.4 Å². The number of nitrogens with zero attached hydrogens (tertiary/aromatic N) is 2. The third-order valence-electron chi connectivity index (χ3n) is 4.30. The molecule has 1 amide bonds. The van der Waals surface area contributed by atoms with Crippen LogP contribution in [0.3, 0.4) is 0 Å². The highest BCUT2D eigenvalue weighted by atomic mass is 35.5. The minimum absolute atomic E-state index is 0.195. The van der Waals surface area contributed by atoms with Gasteiger partial charge in [0.2, 0.25) is 0 Å². The summed E-state index contributed by atoms with van der Waals surface area (Å²) in [6, 6.07) is 5.72. The molecule has 3 aromatic heterocycles. The Hall–Kier alpha value is -3.66. The van der Waals surface area contributed by atoms with Crippen LogP contribution in [0.1, 0.15) is 26.6 Å². The fourth-order valence-electron chi connectivity index (χ4n) is 2.55. The molecule has 0 aromatic carbocycles. The first-order chi connectivity index (χ1) is 17.4. The molecule has 0 bridgehead atoms. The number of halogens is 7. The van der Waals surface area contributed by atoms with Gasteiger partial charge in [-0.3, -0.25) is 9.78 Å². The number of nitrogens with two attached hydrogens (primary N) is 1. The molecule has 5 N–H and O–H groups in total. The van der Waals surface area contributed by atoms with Gasteiger partial charge < -0.3 is 21.3 Å². The number of alkyl halides is 6. The van der Waals surface area contributed by atoms with E-state index in [1.54, 1.807) is 6.20 Å². The van der Waals surface area contributed by atoms with Crippen molar-refractivity contribution in [3.63, 3.8) is 0 Å². The van der Waals surface area contributed by atoms with E-state index in [0.717, 1.165) is 27.2 Å². The quantitative estimate of drug-likeness (QED) is 0.317. The number of aromatic nitrogens is 2. The molecule has 0 saturated carbocycles. The summed E-state index contributed by atoms with van der Waals surface area (Å²) in [7, 11) is 0. The maximum atomic E-state index is 12.4. The standard InChI is InChI=1S/C17H17ClN4OS.2C2HF3O2/c1-9-12-14(19)15(24-17(12)22-10(2)13(9)18)16(23)21-8-6-11-5-3-4-7-20-11;2*3-2(4,5)1(6)7/h3-5,7H,6,8,19H2,1-2H3,(H,21,23);2*(H,6,7). The first-order valence-corrected chi connectivity index (χ1v) is 11.2. The van der Waals surface area contributed by atoms with Crippen molar-refractivity contribution in [1.82, 2.24) is 15.3 Å². The third kappa shape index (κ3) is 9.33. The monoisotopic (exact) mass is 588 g/mol. The minimum Gasteiger partial charge on any atom is -0.475 e. The number of thiophene rings is 1. The van der Waals surface area contributed by atoms with E-state index in [1.165, 1.54) is 11.3 Å². The van der Waals surface area contributed by atoms with Gasteiger partial charge in [-0.05, 0) is 31.5 Å². The smallest absolute Gasteiger partial charge is 0.475 e. The van der Waals surface area contributed by atoms with E-state index >= 15 is 0 Å². The van der Waals surface area contributed by atoms with Gasteiger partial charge in [-0.15, -0.1) is 11.3 Å². The molecule has 0 aliphatic carbocycles. The number of rotatable bonds is 4. The summed E-state index contributed by atoms with van der Waals surface area (Å²) in [6.07, 6.45) is -7.76.